The number of rotatable bonds is 4. The molecule has 2 amide bonds. The van der Waals surface area contributed by atoms with E-state index >= 15 is 0 Å². The summed E-state index contributed by atoms with van der Waals surface area (Å²) in [5.74, 6) is 0.302. The Balaban J connectivity index is 1.34. The number of amides is 2. The molecule has 0 fully saturated rings. The molecule has 1 heterocycles. The molecule has 0 bridgehead atoms. The fourth-order valence-electron chi connectivity index (χ4n) is 4.01. The summed E-state index contributed by atoms with van der Waals surface area (Å²) in [7, 11) is 2.05. The lowest BCUT2D eigenvalue weighted by molar-refractivity contribution is 0.202. The third kappa shape index (κ3) is 4.35. The molecule has 5 heteroatoms. The van der Waals surface area contributed by atoms with Crippen LogP contribution in [-0.2, 0) is 13.0 Å². The fourth-order valence-corrected chi connectivity index (χ4v) is 4.01. The van der Waals surface area contributed by atoms with E-state index in [1.54, 1.807) is 6.07 Å². The first-order valence-electron chi connectivity index (χ1n) is 10.0. The molecule has 150 valence electrons. The number of hydrogen-bond donors (Lipinski definition) is 3. The summed E-state index contributed by atoms with van der Waals surface area (Å²) in [6.45, 7) is 3.34. The van der Waals surface area contributed by atoms with Gasteiger partial charge in [-0.3, -0.25) is 4.90 Å². The van der Waals surface area contributed by atoms with E-state index in [4.69, 9.17) is 0 Å². The van der Waals surface area contributed by atoms with Crippen LogP contribution in [0.5, 0.6) is 5.75 Å². The first-order chi connectivity index (χ1) is 14.0. The summed E-state index contributed by atoms with van der Waals surface area (Å²) in [5, 5.41) is 18.1. The van der Waals surface area contributed by atoms with Gasteiger partial charge in [-0.2, -0.15) is 0 Å². The monoisotopic (exact) mass is 389 g/mol. The summed E-state index contributed by atoms with van der Waals surface area (Å²) < 4.78 is 0. The van der Waals surface area contributed by atoms with Crippen LogP contribution in [0.4, 0.5) is 4.79 Å². The van der Waals surface area contributed by atoms with Crippen LogP contribution in [0.1, 0.15) is 29.7 Å². The molecule has 0 saturated heterocycles. The van der Waals surface area contributed by atoms with Crippen molar-refractivity contribution >= 4 is 16.8 Å². The van der Waals surface area contributed by atoms with E-state index in [2.05, 4.69) is 52.9 Å². The van der Waals surface area contributed by atoms with Gasteiger partial charge in [-0.15, -0.1) is 0 Å². The van der Waals surface area contributed by atoms with Crippen LogP contribution in [-0.4, -0.2) is 35.7 Å². The molecule has 1 aliphatic rings. The first kappa shape index (κ1) is 19.3. The van der Waals surface area contributed by atoms with Gasteiger partial charge in [0.25, 0.3) is 0 Å². The zero-order valence-corrected chi connectivity index (χ0v) is 16.9. The van der Waals surface area contributed by atoms with Crippen molar-refractivity contribution in [3.8, 4) is 5.75 Å². The third-order valence-electron chi connectivity index (χ3n) is 5.81. The number of fused-ring (bicyclic) bond motifs is 2. The second kappa shape index (κ2) is 8.13. The number of hydrogen-bond acceptors (Lipinski definition) is 3. The summed E-state index contributed by atoms with van der Waals surface area (Å²) in [4.78, 5) is 14.7. The zero-order valence-electron chi connectivity index (χ0n) is 16.9. The van der Waals surface area contributed by atoms with Crippen molar-refractivity contribution in [1.82, 2.24) is 15.5 Å². The molecule has 0 spiro atoms. The fraction of sp³-hybridized carbons (Fsp3) is 0.292. The largest absolute Gasteiger partial charge is 0.508 e. The molecule has 0 aliphatic carbocycles. The molecule has 2 atom stereocenters. The Morgan fingerprint density at radius 3 is 2.72 bits per heavy atom. The summed E-state index contributed by atoms with van der Waals surface area (Å²) in [6.07, 6.45) is 0.854. The molecule has 3 N–H and O–H groups in total. The van der Waals surface area contributed by atoms with Gasteiger partial charge in [-0.25, -0.2) is 4.79 Å². The van der Waals surface area contributed by atoms with E-state index in [1.807, 2.05) is 31.2 Å². The Morgan fingerprint density at radius 2 is 1.90 bits per heavy atom. The maximum Gasteiger partial charge on any atom is 0.315 e. The zero-order chi connectivity index (χ0) is 20.4. The predicted molar refractivity (Wildman–Crippen MR) is 116 cm³/mol. The van der Waals surface area contributed by atoms with Crippen molar-refractivity contribution in [2.45, 2.75) is 32.0 Å². The number of phenols is 1. The van der Waals surface area contributed by atoms with Gasteiger partial charge >= 0.3 is 6.03 Å². The molecule has 0 radical (unpaired) electrons. The molecule has 1 aliphatic heterocycles. The number of urea groups is 1. The summed E-state index contributed by atoms with van der Waals surface area (Å²) >= 11 is 0. The molecule has 0 unspecified atom stereocenters. The van der Waals surface area contributed by atoms with Crippen molar-refractivity contribution in [2.24, 2.45) is 0 Å². The Morgan fingerprint density at radius 1 is 1.10 bits per heavy atom. The Bertz CT molecular complexity index is 1030. The molecule has 5 nitrogen and oxygen atoms in total. The molecule has 3 aromatic rings. The van der Waals surface area contributed by atoms with Gasteiger partial charge in [-0.1, -0.05) is 42.5 Å². The van der Waals surface area contributed by atoms with Crippen molar-refractivity contribution in [1.29, 1.82) is 0 Å². The standard InChI is InChI=1S/C24H27N3O2/c1-16(18-8-7-17-5-3-4-6-19(17)11-18)26-24(29)25-14-22-12-20-9-10-23(28)13-21(20)15-27(22)2/h3-11,13,16,22,28H,12,14-15H2,1-2H3,(H2,25,26,29)/t16-,22+/m1/s1. The molecule has 29 heavy (non-hydrogen) atoms. The summed E-state index contributed by atoms with van der Waals surface area (Å²) in [6, 6.07) is 20.0. The first-order valence-corrected chi connectivity index (χ1v) is 10.0. The quantitative estimate of drug-likeness (QED) is 0.633. The van der Waals surface area contributed by atoms with E-state index in [0.717, 1.165) is 24.1 Å². The number of phenolic OH excluding ortho intramolecular Hbond substituents is 1. The van der Waals surface area contributed by atoms with Gasteiger partial charge in [0, 0.05) is 19.1 Å². The van der Waals surface area contributed by atoms with Crippen LogP contribution in [0.3, 0.4) is 0 Å². The average molecular weight is 389 g/mol. The smallest absolute Gasteiger partial charge is 0.315 e. The van der Waals surface area contributed by atoms with E-state index in [0.29, 0.717) is 12.3 Å². The highest BCUT2D eigenvalue weighted by Gasteiger charge is 2.24. The highest BCUT2D eigenvalue weighted by Crippen LogP contribution is 2.25. The predicted octanol–water partition coefficient (Wildman–Crippen LogP) is 3.96. The lowest BCUT2D eigenvalue weighted by Gasteiger charge is -2.34. The average Bonchev–Trinajstić information content (AvgIpc) is 2.71. The van der Waals surface area contributed by atoms with Gasteiger partial charge in [0.05, 0.1) is 6.04 Å². The number of carbonyl (C=O) groups is 1. The Kier molecular flexibility index (Phi) is 5.41. The second-order valence-corrected chi connectivity index (χ2v) is 7.91. The lowest BCUT2D eigenvalue weighted by atomic mass is 9.94. The number of aromatic hydroxyl groups is 1. The number of nitrogens with zero attached hydrogens (tertiary/aromatic N) is 1. The van der Waals surface area contributed by atoms with Crippen molar-refractivity contribution < 1.29 is 9.90 Å². The number of likely N-dealkylation sites (N-methyl/N-ethyl adjacent to an activating group) is 1. The minimum Gasteiger partial charge on any atom is -0.508 e. The SMILES string of the molecule is C[C@@H](NC(=O)NC[C@@H]1Cc2ccc(O)cc2CN1C)c1ccc2ccccc2c1. The maximum atomic E-state index is 12.5. The number of nitrogens with one attached hydrogen (secondary N) is 2. The Hall–Kier alpha value is -3.05. The molecule has 0 aromatic heterocycles. The highest BCUT2D eigenvalue weighted by molar-refractivity contribution is 5.83. The van der Waals surface area contributed by atoms with E-state index in [9.17, 15) is 9.90 Å². The normalized spacial score (nSPS) is 17.5. The van der Waals surface area contributed by atoms with Crippen molar-refractivity contribution in [3.63, 3.8) is 0 Å². The van der Waals surface area contributed by atoms with E-state index < -0.39 is 0 Å². The van der Waals surface area contributed by atoms with Crippen LogP contribution in [0.25, 0.3) is 10.8 Å². The molecule has 0 saturated carbocycles. The molecule has 4 rings (SSSR count). The lowest BCUT2D eigenvalue weighted by Crippen LogP contribution is -2.48. The minimum absolute atomic E-state index is 0.0765. The second-order valence-electron chi connectivity index (χ2n) is 7.91. The van der Waals surface area contributed by atoms with Crippen LogP contribution in [0, 0.1) is 0 Å². The van der Waals surface area contributed by atoms with Crippen LogP contribution in [0.2, 0.25) is 0 Å². The summed E-state index contributed by atoms with van der Waals surface area (Å²) in [5.41, 5.74) is 3.47. The van der Waals surface area contributed by atoms with Crippen LogP contribution >= 0.6 is 0 Å². The topological polar surface area (TPSA) is 64.6 Å². The highest BCUT2D eigenvalue weighted by atomic mass is 16.3. The van der Waals surface area contributed by atoms with Gasteiger partial charge in [-0.05, 0) is 66.1 Å². The molecular formula is C24H27N3O2. The van der Waals surface area contributed by atoms with Crippen molar-refractivity contribution in [3.05, 3.63) is 77.4 Å². The van der Waals surface area contributed by atoms with Crippen molar-refractivity contribution in [2.75, 3.05) is 13.6 Å². The third-order valence-corrected chi connectivity index (χ3v) is 5.81. The van der Waals surface area contributed by atoms with Crippen LogP contribution in [0.15, 0.2) is 60.7 Å². The van der Waals surface area contributed by atoms with Gasteiger partial charge < -0.3 is 15.7 Å². The number of carbonyl (C=O) groups excluding carboxylic acids is 1. The van der Waals surface area contributed by atoms with Gasteiger partial charge in [0.1, 0.15) is 5.75 Å². The number of benzene rings is 3. The van der Waals surface area contributed by atoms with E-state index in [1.165, 1.54) is 16.3 Å². The molecular weight excluding hydrogens is 362 g/mol. The van der Waals surface area contributed by atoms with Gasteiger partial charge in [0.15, 0.2) is 0 Å². The van der Waals surface area contributed by atoms with Gasteiger partial charge in [0.2, 0.25) is 0 Å². The molecule has 3 aromatic carbocycles. The van der Waals surface area contributed by atoms with Crippen LogP contribution < -0.4 is 10.6 Å². The maximum absolute atomic E-state index is 12.5. The Labute approximate surface area is 171 Å². The minimum atomic E-state index is -0.157. The van der Waals surface area contributed by atoms with E-state index in [-0.39, 0.29) is 18.1 Å².